The first-order valence-electron chi connectivity index (χ1n) is 9.03. The molecule has 0 saturated carbocycles. The number of hydrogen-bond acceptors (Lipinski definition) is 6. The Balaban J connectivity index is 1.40. The summed E-state index contributed by atoms with van der Waals surface area (Å²) in [4.78, 5) is 27.3. The lowest BCUT2D eigenvalue weighted by atomic mass is 10.2. The van der Waals surface area contributed by atoms with Crippen LogP contribution in [0.4, 0.5) is 11.6 Å². The minimum atomic E-state index is -0.209. The highest BCUT2D eigenvalue weighted by atomic mass is 32.1. The summed E-state index contributed by atoms with van der Waals surface area (Å²) in [6, 6.07) is 7.19. The molecule has 3 aromatic heterocycles. The third-order valence-corrected chi connectivity index (χ3v) is 4.69. The van der Waals surface area contributed by atoms with Crippen molar-refractivity contribution in [3.05, 3.63) is 52.5 Å². The molecule has 8 nitrogen and oxygen atoms in total. The van der Waals surface area contributed by atoms with Gasteiger partial charge in [-0.05, 0) is 53.8 Å². The first kappa shape index (κ1) is 19.7. The van der Waals surface area contributed by atoms with Gasteiger partial charge in [0.1, 0.15) is 11.6 Å². The summed E-state index contributed by atoms with van der Waals surface area (Å²) in [7, 11) is 0. The van der Waals surface area contributed by atoms with E-state index >= 15 is 0 Å². The van der Waals surface area contributed by atoms with Crippen LogP contribution in [0.3, 0.4) is 0 Å². The quantitative estimate of drug-likeness (QED) is 0.577. The number of carbonyl (C=O) groups excluding carboxylic acids is 2. The van der Waals surface area contributed by atoms with Crippen molar-refractivity contribution >= 4 is 34.8 Å². The van der Waals surface area contributed by atoms with Gasteiger partial charge in [0.05, 0.1) is 5.69 Å². The molecule has 2 N–H and O–H groups in total. The molecule has 146 valence electrons. The topological polar surface area (TPSA) is 102 Å². The fourth-order valence-corrected chi connectivity index (χ4v) is 3.33. The van der Waals surface area contributed by atoms with E-state index in [0.29, 0.717) is 30.9 Å². The van der Waals surface area contributed by atoms with E-state index in [9.17, 15) is 9.59 Å². The smallest absolute Gasteiger partial charge is 0.225 e. The molecule has 0 aliphatic rings. The second kappa shape index (κ2) is 9.75. The standard InChI is InChI=1S/C19H22N6O2S/c1-14(26)20-17-5-3-6-18(21-17)22-19(27)7-2-4-16-12-25(24-23-16)10-8-15-9-11-28-13-15/h3,5-6,9,11-13H,2,4,7-8,10H2,1H3,(H2,20,21,22,26,27). The Kier molecular flexibility index (Phi) is 6.85. The molecular formula is C19H22N6O2S. The summed E-state index contributed by atoms with van der Waals surface area (Å²) >= 11 is 1.69. The molecular weight excluding hydrogens is 376 g/mol. The molecule has 0 radical (unpaired) electrons. The minimum absolute atomic E-state index is 0.127. The predicted molar refractivity (Wildman–Crippen MR) is 108 cm³/mol. The van der Waals surface area contributed by atoms with Crippen molar-refractivity contribution in [3.63, 3.8) is 0 Å². The van der Waals surface area contributed by atoms with E-state index in [0.717, 1.165) is 18.7 Å². The number of nitrogens with one attached hydrogen (secondary N) is 2. The number of nitrogens with zero attached hydrogens (tertiary/aromatic N) is 4. The van der Waals surface area contributed by atoms with Crippen LogP contribution in [-0.4, -0.2) is 31.8 Å². The minimum Gasteiger partial charge on any atom is -0.311 e. The summed E-state index contributed by atoms with van der Waals surface area (Å²) in [6.45, 7) is 2.20. The van der Waals surface area contributed by atoms with Crippen molar-refractivity contribution in [1.82, 2.24) is 20.0 Å². The average Bonchev–Trinajstić information content (AvgIpc) is 3.31. The maximum Gasteiger partial charge on any atom is 0.225 e. The Morgan fingerprint density at radius 2 is 1.96 bits per heavy atom. The highest BCUT2D eigenvalue weighted by Gasteiger charge is 2.07. The summed E-state index contributed by atoms with van der Waals surface area (Å²) in [6.07, 6.45) is 4.57. The molecule has 28 heavy (non-hydrogen) atoms. The Bertz CT molecular complexity index is 922. The highest BCUT2D eigenvalue weighted by molar-refractivity contribution is 7.07. The van der Waals surface area contributed by atoms with E-state index < -0.39 is 0 Å². The van der Waals surface area contributed by atoms with Crippen molar-refractivity contribution in [2.75, 3.05) is 10.6 Å². The fraction of sp³-hybridized carbons (Fsp3) is 0.316. The van der Waals surface area contributed by atoms with Crippen molar-refractivity contribution in [2.24, 2.45) is 0 Å². The van der Waals surface area contributed by atoms with E-state index in [2.05, 4.69) is 42.8 Å². The molecule has 0 saturated heterocycles. The monoisotopic (exact) mass is 398 g/mol. The second-order valence-corrected chi connectivity index (χ2v) is 7.13. The van der Waals surface area contributed by atoms with Crippen LogP contribution in [0.15, 0.2) is 41.2 Å². The summed E-state index contributed by atoms with van der Waals surface area (Å²) < 4.78 is 1.84. The molecule has 0 aliphatic heterocycles. The molecule has 2 amide bonds. The number of rotatable bonds is 9. The van der Waals surface area contributed by atoms with Crippen LogP contribution in [-0.2, 0) is 29.0 Å². The third kappa shape index (κ3) is 6.27. The van der Waals surface area contributed by atoms with Gasteiger partial charge < -0.3 is 10.6 Å². The SMILES string of the molecule is CC(=O)Nc1cccc(NC(=O)CCCc2cn(CCc3ccsc3)nn2)n1. The Labute approximate surface area is 167 Å². The molecule has 0 aromatic carbocycles. The number of anilines is 2. The van der Waals surface area contributed by atoms with Crippen LogP contribution in [0.1, 0.15) is 31.0 Å². The van der Waals surface area contributed by atoms with Gasteiger partial charge >= 0.3 is 0 Å². The molecule has 0 fully saturated rings. The van der Waals surface area contributed by atoms with Crippen molar-refractivity contribution in [3.8, 4) is 0 Å². The second-order valence-electron chi connectivity index (χ2n) is 6.35. The van der Waals surface area contributed by atoms with Crippen LogP contribution < -0.4 is 10.6 Å². The summed E-state index contributed by atoms with van der Waals surface area (Å²) in [5.41, 5.74) is 2.18. The fourth-order valence-electron chi connectivity index (χ4n) is 2.63. The first-order valence-corrected chi connectivity index (χ1v) is 9.97. The lowest BCUT2D eigenvalue weighted by molar-refractivity contribution is -0.116. The zero-order valence-corrected chi connectivity index (χ0v) is 16.4. The van der Waals surface area contributed by atoms with Crippen molar-refractivity contribution in [2.45, 2.75) is 39.2 Å². The molecule has 3 aromatic rings. The Hall–Kier alpha value is -3.07. The maximum atomic E-state index is 12.1. The lowest BCUT2D eigenvalue weighted by Gasteiger charge is -2.06. The normalized spacial score (nSPS) is 10.6. The number of aromatic nitrogens is 4. The van der Waals surface area contributed by atoms with Crippen LogP contribution in [0.25, 0.3) is 0 Å². The van der Waals surface area contributed by atoms with E-state index in [-0.39, 0.29) is 11.8 Å². The Morgan fingerprint density at radius 3 is 2.71 bits per heavy atom. The maximum absolute atomic E-state index is 12.1. The lowest BCUT2D eigenvalue weighted by Crippen LogP contribution is -2.14. The zero-order chi connectivity index (χ0) is 19.8. The van der Waals surface area contributed by atoms with Crippen molar-refractivity contribution in [1.29, 1.82) is 0 Å². The molecule has 9 heteroatoms. The van der Waals surface area contributed by atoms with E-state index in [1.54, 1.807) is 29.5 Å². The molecule has 0 atom stereocenters. The summed E-state index contributed by atoms with van der Waals surface area (Å²) in [5.74, 6) is 0.483. The van der Waals surface area contributed by atoms with Crippen LogP contribution >= 0.6 is 11.3 Å². The molecule has 0 spiro atoms. The average molecular weight is 398 g/mol. The molecule has 3 heterocycles. The predicted octanol–water partition coefficient (Wildman–Crippen LogP) is 2.90. The number of thiophene rings is 1. The van der Waals surface area contributed by atoms with E-state index in [4.69, 9.17) is 0 Å². The summed E-state index contributed by atoms with van der Waals surface area (Å²) in [5, 5.41) is 17.8. The largest absolute Gasteiger partial charge is 0.311 e. The van der Waals surface area contributed by atoms with E-state index in [1.165, 1.54) is 12.5 Å². The third-order valence-electron chi connectivity index (χ3n) is 3.95. The van der Waals surface area contributed by atoms with Gasteiger partial charge in [-0.3, -0.25) is 14.3 Å². The highest BCUT2D eigenvalue weighted by Crippen LogP contribution is 2.11. The molecule has 0 unspecified atom stereocenters. The van der Waals surface area contributed by atoms with E-state index in [1.807, 2.05) is 10.9 Å². The van der Waals surface area contributed by atoms with Gasteiger partial charge in [0.15, 0.2) is 0 Å². The number of carbonyl (C=O) groups is 2. The van der Waals surface area contributed by atoms with Gasteiger partial charge in [0.2, 0.25) is 11.8 Å². The first-order chi connectivity index (χ1) is 13.6. The molecule has 0 aliphatic carbocycles. The van der Waals surface area contributed by atoms with Crippen LogP contribution in [0, 0.1) is 0 Å². The van der Waals surface area contributed by atoms with Gasteiger partial charge in [0, 0.05) is 26.1 Å². The van der Waals surface area contributed by atoms with Gasteiger partial charge in [-0.2, -0.15) is 11.3 Å². The zero-order valence-electron chi connectivity index (χ0n) is 15.6. The van der Waals surface area contributed by atoms with Gasteiger partial charge in [-0.25, -0.2) is 4.98 Å². The van der Waals surface area contributed by atoms with Gasteiger partial charge in [-0.1, -0.05) is 11.3 Å². The molecule has 3 rings (SSSR count). The van der Waals surface area contributed by atoms with Gasteiger partial charge in [0.25, 0.3) is 0 Å². The van der Waals surface area contributed by atoms with Crippen LogP contribution in [0.5, 0.6) is 0 Å². The number of aryl methyl sites for hydroxylation is 3. The van der Waals surface area contributed by atoms with Crippen molar-refractivity contribution < 1.29 is 9.59 Å². The number of pyridine rings is 1. The molecule has 0 bridgehead atoms. The Morgan fingerprint density at radius 1 is 1.14 bits per heavy atom. The number of hydrogen-bond donors (Lipinski definition) is 2. The van der Waals surface area contributed by atoms with Crippen LogP contribution in [0.2, 0.25) is 0 Å². The number of amides is 2. The van der Waals surface area contributed by atoms with Gasteiger partial charge in [-0.15, -0.1) is 5.10 Å².